The van der Waals surface area contributed by atoms with Gasteiger partial charge in [-0.15, -0.1) is 0 Å². The van der Waals surface area contributed by atoms with Gasteiger partial charge in [0, 0.05) is 24.2 Å². The number of H-pyrrole nitrogens is 1. The fourth-order valence-electron chi connectivity index (χ4n) is 4.17. The molecule has 0 radical (unpaired) electrons. The van der Waals surface area contributed by atoms with Crippen molar-refractivity contribution in [3.8, 4) is 0 Å². The summed E-state index contributed by atoms with van der Waals surface area (Å²) in [5.41, 5.74) is 1.33. The molecule has 1 saturated heterocycles. The molecule has 4 rings (SSSR count). The van der Waals surface area contributed by atoms with Crippen LogP contribution < -0.4 is 5.32 Å². The van der Waals surface area contributed by atoms with E-state index in [1.54, 1.807) is 17.0 Å². The average molecular weight is 511 g/mol. The number of nitrogens with zero attached hydrogens (tertiary/aromatic N) is 2. The molecule has 2 aliphatic rings. The number of carbonyl (C=O) groups excluding carboxylic acids is 1. The Labute approximate surface area is 208 Å². The maximum Gasteiger partial charge on any atom is 0.410 e. The molecule has 7 nitrogen and oxygen atoms in total. The minimum absolute atomic E-state index is 0.0194. The third kappa shape index (κ3) is 5.57. The van der Waals surface area contributed by atoms with Crippen molar-refractivity contribution in [1.29, 1.82) is 0 Å². The van der Waals surface area contributed by atoms with Gasteiger partial charge in [-0.2, -0.15) is 0 Å². The van der Waals surface area contributed by atoms with Gasteiger partial charge in [-0.3, -0.25) is 5.32 Å². The molecule has 34 heavy (non-hydrogen) atoms. The Kier molecular flexibility index (Phi) is 7.24. The van der Waals surface area contributed by atoms with Crippen LogP contribution in [0.25, 0.3) is 16.6 Å². The number of fused-ring (bicyclic) bond motifs is 1. The molecule has 10 heteroatoms. The van der Waals surface area contributed by atoms with Crippen molar-refractivity contribution in [1.82, 2.24) is 20.2 Å². The number of nitrogens with one attached hydrogen (secondary N) is 2. The van der Waals surface area contributed by atoms with Gasteiger partial charge in [0.15, 0.2) is 0 Å². The Bertz CT molecular complexity index is 1150. The van der Waals surface area contributed by atoms with Gasteiger partial charge in [-0.05, 0) is 70.2 Å². The highest BCUT2D eigenvalue weighted by atomic mass is 35.5. The van der Waals surface area contributed by atoms with Crippen molar-refractivity contribution in [3.63, 3.8) is 0 Å². The van der Waals surface area contributed by atoms with Crippen LogP contribution >= 0.6 is 23.2 Å². The first-order chi connectivity index (χ1) is 16.0. The number of allylic oxidation sites excluding steroid dienone is 4. The van der Waals surface area contributed by atoms with Gasteiger partial charge in [0.1, 0.15) is 29.0 Å². The van der Waals surface area contributed by atoms with E-state index in [0.717, 1.165) is 0 Å². The van der Waals surface area contributed by atoms with E-state index in [-0.39, 0.29) is 17.7 Å². The van der Waals surface area contributed by atoms with Crippen molar-refractivity contribution in [2.75, 3.05) is 13.1 Å². The van der Waals surface area contributed by atoms with Crippen LogP contribution in [0.15, 0.2) is 29.1 Å². The van der Waals surface area contributed by atoms with E-state index in [2.05, 4.69) is 15.3 Å². The number of hydrogen-bond donors (Lipinski definition) is 3. The number of halogens is 3. The SMILES string of the molecule is CC(C)(C)OC(=O)N1CCC(NC(O)c2cc(Cl)c3nc(C4=C(Cl)CCC=C4F)[nH]c3c2)CC1. The zero-order chi connectivity index (χ0) is 24.6. The van der Waals surface area contributed by atoms with Crippen LogP contribution in [0.1, 0.15) is 64.1 Å². The Morgan fingerprint density at radius 3 is 2.68 bits per heavy atom. The molecular weight excluding hydrogens is 482 g/mol. The van der Waals surface area contributed by atoms with Crippen LogP contribution in [0.5, 0.6) is 0 Å². The number of benzene rings is 1. The number of ether oxygens (including phenoxy) is 1. The van der Waals surface area contributed by atoms with Gasteiger partial charge in [-0.25, -0.2) is 14.2 Å². The van der Waals surface area contributed by atoms with Crippen molar-refractivity contribution in [2.24, 2.45) is 0 Å². The highest BCUT2D eigenvalue weighted by Gasteiger charge is 2.28. The van der Waals surface area contributed by atoms with E-state index < -0.39 is 17.7 Å². The molecule has 2 aromatic rings. The summed E-state index contributed by atoms with van der Waals surface area (Å²) in [7, 11) is 0. The number of amides is 1. The molecule has 1 atom stereocenters. The molecule has 0 bridgehead atoms. The Hall–Kier alpha value is -2.13. The van der Waals surface area contributed by atoms with Crippen molar-refractivity contribution >= 4 is 45.9 Å². The molecule has 184 valence electrons. The summed E-state index contributed by atoms with van der Waals surface area (Å²) in [6.07, 6.45) is 2.66. The van der Waals surface area contributed by atoms with Crippen molar-refractivity contribution < 1.29 is 19.0 Å². The number of piperidine rings is 1. The summed E-state index contributed by atoms with van der Waals surface area (Å²) in [5.74, 6) is -0.101. The van der Waals surface area contributed by atoms with Crippen molar-refractivity contribution in [2.45, 2.75) is 64.3 Å². The zero-order valence-corrected chi connectivity index (χ0v) is 20.9. The summed E-state index contributed by atoms with van der Waals surface area (Å²) >= 11 is 12.7. The molecule has 3 N–H and O–H groups in total. The Morgan fingerprint density at radius 2 is 2.03 bits per heavy atom. The standard InChI is InChI=1S/C24H29Cl2FN4O3/c1-24(2,3)34-23(33)31-9-7-14(8-10-31)28-22(32)13-11-16(26)20-18(12-13)29-21(30-20)19-15(25)5-4-6-17(19)27/h6,11-12,14,22,28,32H,4-5,7-10H2,1-3H3,(H,29,30). The van der Waals surface area contributed by atoms with E-state index in [1.807, 2.05) is 20.8 Å². The molecule has 0 saturated carbocycles. The first kappa shape index (κ1) is 25.0. The lowest BCUT2D eigenvalue weighted by Gasteiger charge is -2.34. The molecule has 1 aromatic carbocycles. The molecule has 1 aliphatic carbocycles. The third-order valence-corrected chi connectivity index (χ3v) is 6.52. The summed E-state index contributed by atoms with van der Waals surface area (Å²) in [4.78, 5) is 21.5. The quantitative estimate of drug-likeness (QED) is 0.452. The van der Waals surface area contributed by atoms with Crippen LogP contribution in [0.3, 0.4) is 0 Å². The Morgan fingerprint density at radius 1 is 1.32 bits per heavy atom. The lowest BCUT2D eigenvalue weighted by molar-refractivity contribution is 0.0175. The number of likely N-dealkylation sites (tertiary alicyclic amines) is 1. The third-order valence-electron chi connectivity index (χ3n) is 5.85. The molecule has 1 amide bonds. The molecule has 2 heterocycles. The second-order valence-electron chi connectivity index (χ2n) is 9.67. The van der Waals surface area contributed by atoms with Gasteiger partial charge in [-0.1, -0.05) is 23.2 Å². The predicted molar refractivity (Wildman–Crippen MR) is 131 cm³/mol. The van der Waals surface area contributed by atoms with E-state index in [0.29, 0.717) is 71.2 Å². The number of imidazole rings is 1. The fraction of sp³-hybridized carbons (Fsp3) is 0.500. The smallest absolute Gasteiger partial charge is 0.410 e. The average Bonchev–Trinajstić information content (AvgIpc) is 3.17. The van der Waals surface area contributed by atoms with Crippen LogP contribution in [0.4, 0.5) is 9.18 Å². The number of carbonyl (C=O) groups is 1. The van der Waals surface area contributed by atoms with Crippen LogP contribution in [0.2, 0.25) is 5.02 Å². The number of aromatic amines is 1. The topological polar surface area (TPSA) is 90.5 Å². The summed E-state index contributed by atoms with van der Waals surface area (Å²) in [6.45, 7) is 6.60. The lowest BCUT2D eigenvalue weighted by Crippen LogP contribution is -2.47. The molecular formula is C24H29Cl2FN4O3. The van der Waals surface area contributed by atoms with Gasteiger partial charge in [0.05, 0.1) is 16.1 Å². The second kappa shape index (κ2) is 9.85. The van der Waals surface area contributed by atoms with Crippen molar-refractivity contribution in [3.05, 3.63) is 45.5 Å². The normalized spacial score (nSPS) is 18.9. The van der Waals surface area contributed by atoms with E-state index in [1.165, 1.54) is 6.08 Å². The number of aromatic nitrogens is 2. The molecule has 0 spiro atoms. The number of rotatable bonds is 4. The van der Waals surface area contributed by atoms with E-state index in [4.69, 9.17) is 27.9 Å². The van der Waals surface area contributed by atoms with Gasteiger partial charge in [0.25, 0.3) is 0 Å². The van der Waals surface area contributed by atoms with Gasteiger partial charge < -0.3 is 19.7 Å². The molecule has 1 aromatic heterocycles. The predicted octanol–water partition coefficient (Wildman–Crippen LogP) is 5.79. The fourth-order valence-corrected chi connectivity index (χ4v) is 4.73. The van der Waals surface area contributed by atoms with Gasteiger partial charge in [0.2, 0.25) is 0 Å². The summed E-state index contributed by atoms with van der Waals surface area (Å²) in [5, 5.41) is 14.8. The minimum Gasteiger partial charge on any atom is -0.444 e. The minimum atomic E-state index is -0.971. The molecule has 1 fully saturated rings. The van der Waals surface area contributed by atoms with E-state index in [9.17, 15) is 14.3 Å². The second-order valence-corrected chi connectivity index (χ2v) is 10.5. The molecule has 1 aliphatic heterocycles. The number of aliphatic hydroxyl groups excluding tert-OH is 1. The largest absolute Gasteiger partial charge is 0.444 e. The highest BCUT2D eigenvalue weighted by molar-refractivity contribution is 6.35. The maximum absolute atomic E-state index is 14.4. The monoisotopic (exact) mass is 510 g/mol. The number of hydrogen-bond acceptors (Lipinski definition) is 5. The van der Waals surface area contributed by atoms with Crippen LogP contribution in [-0.4, -0.2) is 50.8 Å². The maximum atomic E-state index is 14.4. The highest BCUT2D eigenvalue weighted by Crippen LogP contribution is 2.37. The summed E-state index contributed by atoms with van der Waals surface area (Å²) < 4.78 is 19.8. The first-order valence-electron chi connectivity index (χ1n) is 11.4. The Balaban J connectivity index is 1.44. The van der Waals surface area contributed by atoms with E-state index >= 15 is 0 Å². The number of aliphatic hydroxyl groups is 1. The van der Waals surface area contributed by atoms with Gasteiger partial charge >= 0.3 is 6.09 Å². The lowest BCUT2D eigenvalue weighted by atomic mass is 10.0. The van der Waals surface area contributed by atoms with Crippen LogP contribution in [-0.2, 0) is 4.74 Å². The first-order valence-corrected chi connectivity index (χ1v) is 12.1. The van der Waals surface area contributed by atoms with Crippen LogP contribution in [0, 0.1) is 0 Å². The summed E-state index contributed by atoms with van der Waals surface area (Å²) in [6, 6.07) is 3.40. The molecule has 1 unspecified atom stereocenters. The zero-order valence-electron chi connectivity index (χ0n) is 19.4.